The predicted octanol–water partition coefficient (Wildman–Crippen LogP) is 14.9. The molecule has 11 rings (SSSR count). The molecule has 0 fully saturated rings. The van der Waals surface area contributed by atoms with Gasteiger partial charge in [-0.2, -0.15) is 0 Å². The molecule has 268 valence electrons. The van der Waals surface area contributed by atoms with Crippen LogP contribution >= 0.6 is 0 Å². The summed E-state index contributed by atoms with van der Waals surface area (Å²) in [5, 5.41) is 4.73. The molecule has 9 aromatic carbocycles. The second-order valence-electron chi connectivity index (χ2n) is 15.0. The maximum Gasteiger partial charge on any atom is 0.0623 e. The van der Waals surface area contributed by atoms with Crippen LogP contribution in [0.3, 0.4) is 0 Å². The van der Waals surface area contributed by atoms with E-state index >= 15 is 0 Å². The van der Waals surface area contributed by atoms with E-state index in [0.29, 0.717) is 6.04 Å². The lowest BCUT2D eigenvalue weighted by Crippen LogP contribution is -1.96. The summed E-state index contributed by atoms with van der Waals surface area (Å²) in [6.07, 6.45) is 0. The van der Waals surface area contributed by atoms with E-state index in [4.69, 9.17) is 1.37 Å². The fourth-order valence-corrected chi connectivity index (χ4v) is 8.73. The van der Waals surface area contributed by atoms with Crippen molar-refractivity contribution < 1.29 is 1.37 Å². The van der Waals surface area contributed by atoms with E-state index in [1.165, 1.54) is 55.3 Å². The third-order valence-electron chi connectivity index (χ3n) is 11.5. The number of fused-ring (bicyclic) bond motifs is 6. The molecule has 2 aromatic heterocycles. The Kier molecular flexibility index (Phi) is 7.50. The average molecular weight is 728 g/mol. The lowest BCUT2D eigenvalue weighted by atomic mass is 9.97. The second kappa shape index (κ2) is 13.4. The van der Waals surface area contributed by atoms with Crippen LogP contribution in [0.1, 0.15) is 6.93 Å². The van der Waals surface area contributed by atoms with Crippen LogP contribution in [0.5, 0.6) is 0 Å². The summed E-state index contributed by atoms with van der Waals surface area (Å²) in [4.78, 5) is 0. The van der Waals surface area contributed by atoms with E-state index < -0.39 is 0 Å². The van der Waals surface area contributed by atoms with Crippen LogP contribution in [0.25, 0.3) is 99.5 Å². The molecule has 11 aromatic rings. The van der Waals surface area contributed by atoms with Crippen LogP contribution in [-0.2, 0) is 0 Å². The molecule has 0 aliphatic heterocycles. The Morgan fingerprint density at radius 3 is 1.32 bits per heavy atom. The number of aromatic nitrogens is 2. The van der Waals surface area contributed by atoms with Gasteiger partial charge in [-0.15, -0.1) is 0 Å². The highest BCUT2D eigenvalue weighted by Crippen LogP contribution is 2.39. The average Bonchev–Trinajstić information content (AvgIpc) is 3.78. The highest BCUT2D eigenvalue weighted by Gasteiger charge is 2.17. The van der Waals surface area contributed by atoms with Crippen LogP contribution in [0.15, 0.2) is 212 Å². The van der Waals surface area contributed by atoms with Gasteiger partial charge in [0.1, 0.15) is 0 Å². The molecule has 2 nitrogen and oxygen atoms in total. The number of hydrogen-bond acceptors (Lipinski definition) is 0. The first-order valence-corrected chi connectivity index (χ1v) is 19.6. The fourth-order valence-electron chi connectivity index (χ4n) is 8.73. The SMILES string of the molecule is [2H]c1ccc2c(c1)c1cc(-c3ccc(-c4ccc5c(c4)c4cc(C)ccc4n5-c4ccccc4)cc3)ccc1n2-c1cc(-c2ccccc2)cc(-c2ccccc2)c1. The third kappa shape index (κ3) is 5.65. The van der Waals surface area contributed by atoms with Crippen LogP contribution in [0, 0.1) is 6.92 Å². The summed E-state index contributed by atoms with van der Waals surface area (Å²) in [6.45, 7) is 2.17. The number of benzene rings is 9. The molecule has 0 unspecified atom stereocenters. The van der Waals surface area contributed by atoms with E-state index in [2.05, 4.69) is 210 Å². The number of nitrogens with zero attached hydrogens (tertiary/aromatic N) is 2. The van der Waals surface area contributed by atoms with Gasteiger partial charge in [0.25, 0.3) is 0 Å². The second-order valence-corrected chi connectivity index (χ2v) is 15.0. The van der Waals surface area contributed by atoms with Crippen molar-refractivity contribution in [1.82, 2.24) is 9.13 Å². The maximum atomic E-state index is 8.62. The zero-order valence-electron chi connectivity index (χ0n) is 32.5. The topological polar surface area (TPSA) is 9.86 Å². The predicted molar refractivity (Wildman–Crippen MR) is 242 cm³/mol. The quantitative estimate of drug-likeness (QED) is 0.161. The van der Waals surface area contributed by atoms with Gasteiger partial charge in [0.2, 0.25) is 0 Å². The first kappa shape index (κ1) is 31.9. The first-order chi connectivity index (χ1) is 28.6. The van der Waals surface area contributed by atoms with Crippen LogP contribution in [-0.4, -0.2) is 9.13 Å². The number of hydrogen-bond donors (Lipinski definition) is 0. The first-order valence-electron chi connectivity index (χ1n) is 20.1. The molecule has 0 spiro atoms. The molecule has 0 aliphatic carbocycles. The molecule has 0 aliphatic rings. The normalized spacial score (nSPS) is 11.8. The van der Waals surface area contributed by atoms with Crippen molar-refractivity contribution in [2.75, 3.05) is 0 Å². The van der Waals surface area contributed by atoms with Crippen molar-refractivity contribution >= 4 is 43.6 Å². The van der Waals surface area contributed by atoms with Gasteiger partial charge < -0.3 is 9.13 Å². The minimum absolute atomic E-state index is 0.503. The Bertz CT molecular complexity index is 3260. The maximum absolute atomic E-state index is 8.62. The molecule has 0 amide bonds. The molecule has 0 atom stereocenters. The van der Waals surface area contributed by atoms with Crippen LogP contribution in [0.2, 0.25) is 0 Å². The van der Waals surface area contributed by atoms with Crippen molar-refractivity contribution in [2.45, 2.75) is 6.92 Å². The number of rotatable bonds is 6. The number of para-hydroxylation sites is 2. The minimum atomic E-state index is 0.503. The van der Waals surface area contributed by atoms with Gasteiger partial charge in [-0.25, -0.2) is 0 Å². The molecule has 57 heavy (non-hydrogen) atoms. The van der Waals surface area contributed by atoms with Gasteiger partial charge in [0.15, 0.2) is 0 Å². The Balaban J connectivity index is 1.01. The summed E-state index contributed by atoms with van der Waals surface area (Å²) < 4.78 is 13.4. The summed E-state index contributed by atoms with van der Waals surface area (Å²) in [6, 6.07) is 74.6. The third-order valence-corrected chi connectivity index (χ3v) is 11.5. The van der Waals surface area contributed by atoms with Crippen molar-refractivity contribution in [3.8, 4) is 55.9 Å². The van der Waals surface area contributed by atoms with Gasteiger partial charge in [0.05, 0.1) is 23.4 Å². The minimum Gasteiger partial charge on any atom is -0.309 e. The number of aryl methyl sites for hydroxylation is 1. The molecule has 0 bridgehead atoms. The highest BCUT2D eigenvalue weighted by molar-refractivity contribution is 6.12. The molecule has 2 heterocycles. The molecule has 0 saturated heterocycles. The van der Waals surface area contributed by atoms with E-state index in [1.54, 1.807) is 0 Å². The van der Waals surface area contributed by atoms with Gasteiger partial charge in [0, 0.05) is 32.9 Å². The molecule has 0 saturated carbocycles. The zero-order chi connectivity index (χ0) is 38.7. The monoisotopic (exact) mass is 727 g/mol. The summed E-state index contributed by atoms with van der Waals surface area (Å²) >= 11 is 0. The van der Waals surface area contributed by atoms with Crippen LogP contribution < -0.4 is 0 Å². The molecular formula is C55H38N2. The fraction of sp³-hybridized carbons (Fsp3) is 0.0182. The smallest absolute Gasteiger partial charge is 0.0623 e. The molecule has 0 N–H and O–H groups in total. The lowest BCUT2D eigenvalue weighted by molar-refractivity contribution is 1.18. The van der Waals surface area contributed by atoms with E-state index in [0.717, 1.165) is 49.7 Å². The molecule has 0 radical (unpaired) electrons. The Labute approximate surface area is 333 Å². The Hall–Kier alpha value is -7.42. The van der Waals surface area contributed by atoms with Crippen molar-refractivity contribution in [3.05, 3.63) is 218 Å². The van der Waals surface area contributed by atoms with Gasteiger partial charge in [-0.3, -0.25) is 0 Å². The van der Waals surface area contributed by atoms with Gasteiger partial charge >= 0.3 is 0 Å². The summed E-state index contributed by atoms with van der Waals surface area (Å²) in [7, 11) is 0. The lowest BCUT2D eigenvalue weighted by Gasteiger charge is -2.14. The van der Waals surface area contributed by atoms with E-state index in [1.807, 2.05) is 12.1 Å². The van der Waals surface area contributed by atoms with Crippen molar-refractivity contribution in [1.29, 1.82) is 0 Å². The highest BCUT2D eigenvalue weighted by atomic mass is 15.0. The van der Waals surface area contributed by atoms with Gasteiger partial charge in [-0.05, 0) is 124 Å². The summed E-state index contributed by atoms with van der Waals surface area (Å²) in [5.41, 5.74) is 17.5. The van der Waals surface area contributed by atoms with E-state index in [9.17, 15) is 0 Å². The largest absolute Gasteiger partial charge is 0.309 e. The zero-order valence-corrected chi connectivity index (χ0v) is 31.5. The van der Waals surface area contributed by atoms with Crippen molar-refractivity contribution in [3.63, 3.8) is 0 Å². The Morgan fingerprint density at radius 2 is 0.737 bits per heavy atom. The van der Waals surface area contributed by atoms with Crippen molar-refractivity contribution in [2.24, 2.45) is 0 Å². The molecule has 2 heteroatoms. The standard InChI is InChI=1S/C55H38N2/c1-37-21-28-53-49(31-37)51-36-43(27-30-55(51)56(53)46-17-9-4-10-18-46)41-24-22-40(23-25-41)42-26-29-54-50(35-42)48-19-11-12-20-52(48)57(54)47-33-44(38-13-5-2-6-14-38)32-45(34-47)39-15-7-3-8-16-39/h2-36H,1H3/i11D. The van der Waals surface area contributed by atoms with Crippen LogP contribution in [0.4, 0.5) is 0 Å². The molecular weight excluding hydrogens is 689 g/mol. The Morgan fingerprint density at radius 1 is 0.298 bits per heavy atom. The van der Waals surface area contributed by atoms with Gasteiger partial charge in [-0.1, -0.05) is 145 Å². The summed E-state index contributed by atoms with van der Waals surface area (Å²) in [5.74, 6) is 0. The van der Waals surface area contributed by atoms with E-state index in [-0.39, 0.29) is 0 Å².